The van der Waals surface area contributed by atoms with Crippen molar-refractivity contribution in [2.24, 2.45) is 5.92 Å². The van der Waals surface area contributed by atoms with Crippen LogP contribution in [0.15, 0.2) is 0 Å². The number of rotatable bonds is 10. The van der Waals surface area contributed by atoms with Gasteiger partial charge in [0, 0.05) is 12.1 Å². The maximum Gasteiger partial charge on any atom is 0.0105 e. The van der Waals surface area contributed by atoms with Gasteiger partial charge in [0.05, 0.1) is 0 Å². The van der Waals surface area contributed by atoms with Gasteiger partial charge in [-0.2, -0.15) is 0 Å². The minimum absolute atomic E-state index is 0.684. The van der Waals surface area contributed by atoms with Gasteiger partial charge >= 0.3 is 0 Å². The summed E-state index contributed by atoms with van der Waals surface area (Å²) in [6.07, 6.45) is 4.05. The molecule has 2 unspecified atom stereocenters. The van der Waals surface area contributed by atoms with Crippen LogP contribution in [0.5, 0.6) is 0 Å². The lowest BCUT2D eigenvalue weighted by atomic mass is 10.0. The molecule has 0 saturated heterocycles. The summed E-state index contributed by atoms with van der Waals surface area (Å²) in [5.41, 5.74) is 0. The number of hydrogen-bond acceptors (Lipinski definition) is 3. The first-order chi connectivity index (χ1) is 8.54. The molecular weight excluding hydrogens is 222 g/mol. The summed E-state index contributed by atoms with van der Waals surface area (Å²) < 4.78 is 0. The molecule has 1 aliphatic rings. The zero-order valence-corrected chi connectivity index (χ0v) is 13.1. The molecule has 18 heavy (non-hydrogen) atoms. The largest absolute Gasteiger partial charge is 0.314 e. The Hall–Kier alpha value is -0.120. The predicted octanol–water partition coefficient (Wildman–Crippen LogP) is 2.04. The van der Waals surface area contributed by atoms with E-state index in [0.717, 1.165) is 12.0 Å². The molecule has 0 aromatic heterocycles. The van der Waals surface area contributed by atoms with Gasteiger partial charge in [-0.15, -0.1) is 0 Å². The topological polar surface area (TPSA) is 18.5 Å². The third-order valence-corrected chi connectivity index (χ3v) is 4.16. The van der Waals surface area contributed by atoms with Crippen LogP contribution in [0.25, 0.3) is 0 Å². The van der Waals surface area contributed by atoms with Crippen LogP contribution in [-0.2, 0) is 0 Å². The zero-order valence-electron chi connectivity index (χ0n) is 13.1. The molecule has 0 aromatic rings. The van der Waals surface area contributed by atoms with Gasteiger partial charge in [-0.05, 0) is 72.4 Å². The van der Waals surface area contributed by atoms with E-state index in [9.17, 15) is 0 Å². The maximum absolute atomic E-state index is 3.66. The second kappa shape index (κ2) is 8.13. The molecule has 1 N–H and O–H groups in total. The summed E-state index contributed by atoms with van der Waals surface area (Å²) in [5.74, 6) is 0.741. The van der Waals surface area contributed by atoms with E-state index in [-0.39, 0.29) is 0 Å². The highest BCUT2D eigenvalue weighted by atomic mass is 15.2. The van der Waals surface area contributed by atoms with Crippen LogP contribution in [0.1, 0.15) is 40.0 Å². The van der Waals surface area contributed by atoms with Crippen molar-refractivity contribution in [3.05, 3.63) is 0 Å². The molecule has 0 heterocycles. The van der Waals surface area contributed by atoms with Crippen molar-refractivity contribution >= 4 is 0 Å². The first-order valence-electron chi connectivity index (χ1n) is 7.66. The normalized spacial score (nSPS) is 19.5. The Morgan fingerprint density at radius 3 is 2.33 bits per heavy atom. The molecule has 3 heteroatoms. The SMILES string of the molecule is CCN(CCCN(C)C)C(C)C(C)CNC1CC1. The Bertz CT molecular complexity index is 214. The highest BCUT2D eigenvalue weighted by molar-refractivity contribution is 4.83. The van der Waals surface area contributed by atoms with Crippen LogP contribution in [0.4, 0.5) is 0 Å². The van der Waals surface area contributed by atoms with E-state index in [1.54, 1.807) is 0 Å². The van der Waals surface area contributed by atoms with Crippen molar-refractivity contribution in [1.82, 2.24) is 15.1 Å². The van der Waals surface area contributed by atoms with E-state index >= 15 is 0 Å². The molecule has 0 bridgehead atoms. The molecule has 1 fully saturated rings. The smallest absolute Gasteiger partial charge is 0.0105 e. The Kier molecular flexibility index (Phi) is 7.20. The fourth-order valence-electron chi connectivity index (χ4n) is 2.41. The van der Waals surface area contributed by atoms with E-state index < -0.39 is 0 Å². The predicted molar refractivity (Wildman–Crippen MR) is 80.1 cm³/mol. The van der Waals surface area contributed by atoms with E-state index in [1.807, 2.05) is 0 Å². The van der Waals surface area contributed by atoms with Gasteiger partial charge in [0.15, 0.2) is 0 Å². The molecule has 0 amide bonds. The highest BCUT2D eigenvalue weighted by Gasteiger charge is 2.24. The van der Waals surface area contributed by atoms with Crippen LogP contribution in [0.2, 0.25) is 0 Å². The van der Waals surface area contributed by atoms with Gasteiger partial charge in [-0.3, -0.25) is 0 Å². The molecule has 108 valence electrons. The summed E-state index contributed by atoms with van der Waals surface area (Å²) in [4.78, 5) is 4.90. The van der Waals surface area contributed by atoms with Crippen molar-refractivity contribution in [3.63, 3.8) is 0 Å². The fourth-order valence-corrected chi connectivity index (χ4v) is 2.41. The average molecular weight is 255 g/mol. The minimum atomic E-state index is 0.684. The lowest BCUT2D eigenvalue weighted by Crippen LogP contribution is -2.42. The monoisotopic (exact) mass is 255 g/mol. The molecule has 0 aliphatic heterocycles. The number of hydrogen-bond donors (Lipinski definition) is 1. The maximum atomic E-state index is 3.66. The van der Waals surface area contributed by atoms with E-state index in [1.165, 1.54) is 45.4 Å². The number of nitrogens with one attached hydrogen (secondary N) is 1. The van der Waals surface area contributed by atoms with Crippen molar-refractivity contribution in [3.8, 4) is 0 Å². The van der Waals surface area contributed by atoms with Crippen molar-refractivity contribution in [2.45, 2.75) is 52.1 Å². The van der Waals surface area contributed by atoms with Crippen LogP contribution in [-0.4, -0.2) is 62.2 Å². The Labute approximate surface area is 114 Å². The van der Waals surface area contributed by atoms with Crippen LogP contribution in [0.3, 0.4) is 0 Å². The van der Waals surface area contributed by atoms with E-state index in [2.05, 4.69) is 50.0 Å². The Morgan fingerprint density at radius 1 is 1.17 bits per heavy atom. The third-order valence-electron chi connectivity index (χ3n) is 4.16. The van der Waals surface area contributed by atoms with Gasteiger partial charge in [0.25, 0.3) is 0 Å². The number of nitrogens with zero attached hydrogens (tertiary/aromatic N) is 2. The average Bonchev–Trinajstić information content (AvgIpc) is 3.14. The summed E-state index contributed by atoms with van der Waals surface area (Å²) in [7, 11) is 4.31. The van der Waals surface area contributed by atoms with Crippen molar-refractivity contribution in [2.75, 3.05) is 40.3 Å². The molecule has 0 spiro atoms. The first-order valence-corrected chi connectivity index (χ1v) is 7.66. The lowest BCUT2D eigenvalue weighted by molar-refractivity contribution is 0.160. The van der Waals surface area contributed by atoms with Crippen LogP contribution >= 0.6 is 0 Å². The molecule has 0 radical (unpaired) electrons. The van der Waals surface area contributed by atoms with Crippen LogP contribution < -0.4 is 5.32 Å². The minimum Gasteiger partial charge on any atom is -0.314 e. The van der Waals surface area contributed by atoms with Gasteiger partial charge in [0.1, 0.15) is 0 Å². The third kappa shape index (κ3) is 6.17. The summed E-state index contributed by atoms with van der Waals surface area (Å²) in [5, 5.41) is 3.66. The Morgan fingerprint density at radius 2 is 1.83 bits per heavy atom. The molecular formula is C15H33N3. The highest BCUT2D eigenvalue weighted by Crippen LogP contribution is 2.20. The van der Waals surface area contributed by atoms with Gasteiger partial charge in [0.2, 0.25) is 0 Å². The second-order valence-electron chi connectivity index (χ2n) is 6.19. The quantitative estimate of drug-likeness (QED) is 0.644. The van der Waals surface area contributed by atoms with Gasteiger partial charge in [-0.1, -0.05) is 13.8 Å². The molecule has 2 atom stereocenters. The molecule has 1 aliphatic carbocycles. The van der Waals surface area contributed by atoms with Gasteiger partial charge in [-0.25, -0.2) is 0 Å². The van der Waals surface area contributed by atoms with Gasteiger partial charge < -0.3 is 15.1 Å². The zero-order chi connectivity index (χ0) is 13.5. The van der Waals surface area contributed by atoms with Crippen molar-refractivity contribution in [1.29, 1.82) is 0 Å². The molecule has 1 saturated carbocycles. The summed E-state index contributed by atoms with van der Waals surface area (Å²) in [6.45, 7) is 11.8. The molecule has 3 nitrogen and oxygen atoms in total. The fraction of sp³-hybridized carbons (Fsp3) is 1.00. The summed E-state index contributed by atoms with van der Waals surface area (Å²) in [6, 6.07) is 1.52. The van der Waals surface area contributed by atoms with E-state index in [0.29, 0.717) is 6.04 Å². The summed E-state index contributed by atoms with van der Waals surface area (Å²) >= 11 is 0. The standard InChI is InChI=1S/C15H33N3/c1-6-18(11-7-10-17(4)5)14(3)13(2)12-16-15-8-9-15/h13-16H,6-12H2,1-5H3. The molecule has 0 aromatic carbocycles. The van der Waals surface area contributed by atoms with Crippen molar-refractivity contribution < 1.29 is 0 Å². The van der Waals surface area contributed by atoms with E-state index in [4.69, 9.17) is 0 Å². The Balaban J connectivity index is 2.22. The second-order valence-corrected chi connectivity index (χ2v) is 6.19. The first kappa shape index (κ1) is 15.9. The van der Waals surface area contributed by atoms with Crippen LogP contribution in [0, 0.1) is 5.92 Å². The lowest BCUT2D eigenvalue weighted by Gasteiger charge is -2.33. The molecule has 1 rings (SSSR count).